The predicted octanol–water partition coefficient (Wildman–Crippen LogP) is 0.835. The van der Waals surface area contributed by atoms with Gasteiger partial charge in [0.05, 0.1) is 18.7 Å². The molecule has 2 fully saturated rings. The maximum absolute atomic E-state index is 12.6. The van der Waals surface area contributed by atoms with Crippen LogP contribution in [0, 0.1) is 6.92 Å². The van der Waals surface area contributed by atoms with Gasteiger partial charge in [-0.3, -0.25) is 9.59 Å². The lowest BCUT2D eigenvalue weighted by atomic mass is 9.96. The third kappa shape index (κ3) is 2.61. The number of piperidine rings is 1. The number of aryl methyl sites for hydroxylation is 1. The van der Waals surface area contributed by atoms with Crippen LogP contribution in [-0.2, 0) is 9.53 Å². The molecule has 0 aliphatic carbocycles. The number of nitrogens with zero attached hydrogens (tertiary/aromatic N) is 3. The second-order valence-electron chi connectivity index (χ2n) is 5.86. The molecule has 0 unspecified atom stereocenters. The molecule has 0 radical (unpaired) electrons. The SMILES string of the molecule is COCCN1C(=O)CC[C@@H]2[C@H]1CCN2C(=O)c1cc(C)on1. The third-order valence-corrected chi connectivity index (χ3v) is 4.53. The Bertz CT molecular complexity index is 571. The molecule has 7 nitrogen and oxygen atoms in total. The molecule has 3 heterocycles. The van der Waals surface area contributed by atoms with Gasteiger partial charge in [0.25, 0.3) is 5.91 Å². The molecule has 0 saturated carbocycles. The quantitative estimate of drug-likeness (QED) is 0.824. The van der Waals surface area contributed by atoms with Crippen LogP contribution >= 0.6 is 0 Å². The molecule has 120 valence electrons. The van der Waals surface area contributed by atoms with E-state index >= 15 is 0 Å². The highest BCUT2D eigenvalue weighted by molar-refractivity contribution is 5.93. The molecule has 22 heavy (non-hydrogen) atoms. The van der Waals surface area contributed by atoms with Crippen LogP contribution < -0.4 is 0 Å². The number of likely N-dealkylation sites (tertiary alicyclic amines) is 2. The Kier molecular flexibility index (Phi) is 4.15. The molecular formula is C15H21N3O4. The topological polar surface area (TPSA) is 75.9 Å². The van der Waals surface area contributed by atoms with Crippen LogP contribution in [0.4, 0.5) is 0 Å². The first-order chi connectivity index (χ1) is 10.6. The van der Waals surface area contributed by atoms with Crippen LogP contribution in [0.15, 0.2) is 10.6 Å². The first kappa shape index (κ1) is 15.0. The fourth-order valence-corrected chi connectivity index (χ4v) is 3.50. The summed E-state index contributed by atoms with van der Waals surface area (Å²) in [6.07, 6.45) is 2.00. The molecule has 2 aliphatic rings. The number of ether oxygens (including phenoxy) is 1. The summed E-state index contributed by atoms with van der Waals surface area (Å²) in [5.41, 5.74) is 0.346. The molecule has 1 aromatic rings. The van der Waals surface area contributed by atoms with Crippen molar-refractivity contribution in [1.82, 2.24) is 15.0 Å². The summed E-state index contributed by atoms with van der Waals surface area (Å²) in [7, 11) is 1.63. The molecule has 0 bridgehead atoms. The number of amides is 2. The van der Waals surface area contributed by atoms with Crippen molar-refractivity contribution in [3.63, 3.8) is 0 Å². The number of methoxy groups -OCH3 is 1. The van der Waals surface area contributed by atoms with E-state index in [2.05, 4.69) is 5.16 Å². The molecule has 2 aliphatic heterocycles. The van der Waals surface area contributed by atoms with Crippen molar-refractivity contribution in [2.24, 2.45) is 0 Å². The zero-order valence-corrected chi connectivity index (χ0v) is 12.9. The Hall–Kier alpha value is -1.89. The number of hydrogen-bond acceptors (Lipinski definition) is 5. The van der Waals surface area contributed by atoms with Crippen molar-refractivity contribution in [3.05, 3.63) is 17.5 Å². The van der Waals surface area contributed by atoms with Gasteiger partial charge in [-0.2, -0.15) is 0 Å². The first-order valence-electron chi connectivity index (χ1n) is 7.64. The molecule has 0 spiro atoms. The summed E-state index contributed by atoms with van der Waals surface area (Å²) in [6, 6.07) is 1.82. The summed E-state index contributed by atoms with van der Waals surface area (Å²) in [4.78, 5) is 28.4. The van der Waals surface area contributed by atoms with E-state index in [9.17, 15) is 9.59 Å². The van der Waals surface area contributed by atoms with E-state index in [-0.39, 0.29) is 23.9 Å². The van der Waals surface area contributed by atoms with Gasteiger partial charge in [-0.05, 0) is 19.8 Å². The second kappa shape index (κ2) is 6.08. The highest BCUT2D eigenvalue weighted by Gasteiger charge is 2.45. The normalized spacial score (nSPS) is 24.7. The number of aromatic nitrogens is 1. The minimum atomic E-state index is -0.106. The summed E-state index contributed by atoms with van der Waals surface area (Å²) in [5, 5.41) is 3.81. The summed E-state index contributed by atoms with van der Waals surface area (Å²) >= 11 is 0. The second-order valence-corrected chi connectivity index (χ2v) is 5.86. The fraction of sp³-hybridized carbons (Fsp3) is 0.667. The maximum Gasteiger partial charge on any atom is 0.276 e. The Morgan fingerprint density at radius 3 is 2.95 bits per heavy atom. The maximum atomic E-state index is 12.6. The van der Waals surface area contributed by atoms with Gasteiger partial charge < -0.3 is 19.1 Å². The average molecular weight is 307 g/mol. The van der Waals surface area contributed by atoms with Gasteiger partial charge in [0.2, 0.25) is 5.91 Å². The zero-order valence-electron chi connectivity index (χ0n) is 12.9. The van der Waals surface area contributed by atoms with Crippen LogP contribution in [0.5, 0.6) is 0 Å². The van der Waals surface area contributed by atoms with Crippen molar-refractivity contribution < 1.29 is 18.8 Å². The molecule has 0 N–H and O–H groups in total. The number of fused-ring (bicyclic) bond motifs is 1. The minimum Gasteiger partial charge on any atom is -0.383 e. The number of rotatable bonds is 4. The van der Waals surface area contributed by atoms with Crippen LogP contribution in [0.1, 0.15) is 35.5 Å². The average Bonchev–Trinajstić information content (AvgIpc) is 3.12. The van der Waals surface area contributed by atoms with Gasteiger partial charge in [0.1, 0.15) is 5.76 Å². The molecule has 3 rings (SSSR count). The van der Waals surface area contributed by atoms with Crippen molar-refractivity contribution in [3.8, 4) is 0 Å². The van der Waals surface area contributed by atoms with E-state index in [0.29, 0.717) is 37.6 Å². The van der Waals surface area contributed by atoms with Crippen molar-refractivity contribution >= 4 is 11.8 Å². The monoisotopic (exact) mass is 307 g/mol. The smallest absolute Gasteiger partial charge is 0.276 e. The van der Waals surface area contributed by atoms with Gasteiger partial charge in [0, 0.05) is 32.7 Å². The lowest BCUT2D eigenvalue weighted by Crippen LogP contribution is -2.54. The van der Waals surface area contributed by atoms with Crippen molar-refractivity contribution in [2.45, 2.75) is 38.3 Å². The number of hydrogen-bond donors (Lipinski definition) is 0. The van der Waals surface area contributed by atoms with Gasteiger partial charge in [-0.25, -0.2) is 0 Å². The fourth-order valence-electron chi connectivity index (χ4n) is 3.50. The summed E-state index contributed by atoms with van der Waals surface area (Å²) < 4.78 is 10.1. The molecule has 1 aromatic heterocycles. The van der Waals surface area contributed by atoms with E-state index in [0.717, 1.165) is 12.8 Å². The third-order valence-electron chi connectivity index (χ3n) is 4.53. The van der Waals surface area contributed by atoms with E-state index in [1.165, 1.54) is 0 Å². The lowest BCUT2D eigenvalue weighted by Gasteiger charge is -2.39. The largest absolute Gasteiger partial charge is 0.383 e. The van der Waals surface area contributed by atoms with Crippen molar-refractivity contribution in [2.75, 3.05) is 26.8 Å². The first-order valence-corrected chi connectivity index (χ1v) is 7.64. The van der Waals surface area contributed by atoms with Crippen LogP contribution in [0.25, 0.3) is 0 Å². The summed E-state index contributed by atoms with van der Waals surface area (Å²) in [5.74, 6) is 0.676. The van der Waals surface area contributed by atoms with Crippen LogP contribution in [0.2, 0.25) is 0 Å². The van der Waals surface area contributed by atoms with E-state index < -0.39 is 0 Å². The van der Waals surface area contributed by atoms with E-state index in [1.807, 2.05) is 9.80 Å². The zero-order chi connectivity index (χ0) is 15.7. The molecule has 2 saturated heterocycles. The molecule has 2 atom stereocenters. The van der Waals surface area contributed by atoms with Gasteiger partial charge in [-0.1, -0.05) is 5.16 Å². The predicted molar refractivity (Wildman–Crippen MR) is 77.3 cm³/mol. The Balaban J connectivity index is 1.75. The Morgan fingerprint density at radius 2 is 2.27 bits per heavy atom. The lowest BCUT2D eigenvalue weighted by molar-refractivity contribution is -0.138. The standard InChI is InChI=1S/C15H21N3O4/c1-10-9-11(16-22-10)15(20)18-6-5-13-12(18)3-4-14(19)17(13)7-8-21-2/h9,12-13H,3-8H2,1-2H3/t12-,13-/m1/s1. The Labute approximate surface area is 129 Å². The van der Waals surface area contributed by atoms with E-state index in [1.54, 1.807) is 20.1 Å². The van der Waals surface area contributed by atoms with Gasteiger partial charge in [0.15, 0.2) is 5.69 Å². The van der Waals surface area contributed by atoms with Gasteiger partial charge >= 0.3 is 0 Å². The number of carbonyl (C=O) groups is 2. The molecule has 7 heteroatoms. The Morgan fingerprint density at radius 1 is 1.45 bits per heavy atom. The number of carbonyl (C=O) groups excluding carboxylic acids is 2. The molecular weight excluding hydrogens is 286 g/mol. The van der Waals surface area contributed by atoms with Crippen molar-refractivity contribution in [1.29, 1.82) is 0 Å². The van der Waals surface area contributed by atoms with E-state index in [4.69, 9.17) is 9.26 Å². The minimum absolute atomic E-state index is 0.0686. The highest BCUT2D eigenvalue weighted by Crippen LogP contribution is 2.32. The van der Waals surface area contributed by atoms with Crippen LogP contribution in [-0.4, -0.2) is 65.7 Å². The molecule has 2 amide bonds. The summed E-state index contributed by atoms with van der Waals surface area (Å²) in [6.45, 7) is 3.52. The molecule has 0 aromatic carbocycles. The highest BCUT2D eigenvalue weighted by atomic mass is 16.5. The van der Waals surface area contributed by atoms with Gasteiger partial charge in [-0.15, -0.1) is 0 Å². The van der Waals surface area contributed by atoms with Crippen LogP contribution in [0.3, 0.4) is 0 Å².